The number of rotatable bonds is 7. The summed E-state index contributed by atoms with van der Waals surface area (Å²) in [5, 5.41) is 3.34. The largest absolute Gasteiger partial charge is 0.486 e. The van der Waals surface area contributed by atoms with Gasteiger partial charge < -0.3 is 14.6 Å². The van der Waals surface area contributed by atoms with Crippen LogP contribution in [0.3, 0.4) is 0 Å². The highest BCUT2D eigenvalue weighted by Crippen LogP contribution is 2.14. The molecule has 0 amide bonds. The molecule has 0 fully saturated rings. The third-order valence-electron chi connectivity index (χ3n) is 3.18. The van der Waals surface area contributed by atoms with E-state index < -0.39 is 0 Å². The smallest absolute Gasteiger partial charge is 0.138 e. The number of pyridine rings is 1. The van der Waals surface area contributed by atoms with E-state index in [0.29, 0.717) is 18.7 Å². The van der Waals surface area contributed by atoms with Gasteiger partial charge in [-0.3, -0.25) is 4.98 Å². The Hall–Kier alpha value is -1.88. The first-order chi connectivity index (χ1) is 10.1. The van der Waals surface area contributed by atoms with Crippen molar-refractivity contribution in [2.45, 2.75) is 52.9 Å². The fraction of sp³-hybridized carbons (Fsp3) is 0.500. The summed E-state index contributed by atoms with van der Waals surface area (Å²) < 4.78 is 7.88. The minimum Gasteiger partial charge on any atom is -0.486 e. The van der Waals surface area contributed by atoms with Gasteiger partial charge in [0.1, 0.15) is 12.4 Å². The van der Waals surface area contributed by atoms with Crippen molar-refractivity contribution < 1.29 is 4.74 Å². The molecule has 5 nitrogen and oxygen atoms in total. The van der Waals surface area contributed by atoms with E-state index in [1.807, 2.05) is 24.7 Å². The fourth-order valence-corrected chi connectivity index (χ4v) is 1.98. The van der Waals surface area contributed by atoms with Crippen molar-refractivity contribution in [3.63, 3.8) is 0 Å². The van der Waals surface area contributed by atoms with Gasteiger partial charge >= 0.3 is 0 Å². The summed E-state index contributed by atoms with van der Waals surface area (Å²) in [4.78, 5) is 8.57. The number of hydrogen-bond donors (Lipinski definition) is 1. The van der Waals surface area contributed by atoms with Crippen molar-refractivity contribution in [3.05, 3.63) is 42.2 Å². The van der Waals surface area contributed by atoms with Gasteiger partial charge in [0.25, 0.3) is 0 Å². The molecule has 0 bridgehead atoms. The molecule has 0 radical (unpaired) electrons. The number of aromatic nitrogens is 3. The van der Waals surface area contributed by atoms with Crippen LogP contribution in [0, 0.1) is 0 Å². The summed E-state index contributed by atoms with van der Waals surface area (Å²) in [6, 6.07) is 4.79. The molecule has 114 valence electrons. The summed E-state index contributed by atoms with van der Waals surface area (Å²) in [5.74, 6) is 0.778. The number of hydrogen-bond acceptors (Lipinski definition) is 4. The second-order valence-corrected chi connectivity index (χ2v) is 5.70. The quantitative estimate of drug-likeness (QED) is 0.851. The summed E-state index contributed by atoms with van der Waals surface area (Å²) in [7, 11) is 0. The van der Waals surface area contributed by atoms with Crippen LogP contribution in [0.25, 0.3) is 0 Å². The van der Waals surface area contributed by atoms with Crippen LogP contribution in [0.15, 0.2) is 30.9 Å². The van der Waals surface area contributed by atoms with Crippen LogP contribution in [0.1, 0.15) is 45.1 Å². The second-order valence-electron chi connectivity index (χ2n) is 5.70. The van der Waals surface area contributed by atoms with Crippen LogP contribution < -0.4 is 10.1 Å². The maximum absolute atomic E-state index is 5.78. The molecule has 0 aliphatic heterocycles. The summed E-state index contributed by atoms with van der Waals surface area (Å²) in [6.07, 6.45) is 5.45. The zero-order valence-electron chi connectivity index (χ0n) is 13.2. The van der Waals surface area contributed by atoms with Crippen LogP contribution in [-0.4, -0.2) is 20.6 Å². The maximum atomic E-state index is 5.78. The van der Waals surface area contributed by atoms with Gasteiger partial charge in [-0.05, 0) is 26.0 Å². The van der Waals surface area contributed by atoms with E-state index in [2.05, 4.69) is 47.5 Å². The van der Waals surface area contributed by atoms with E-state index in [1.165, 1.54) is 0 Å². The Bertz CT molecular complexity index is 546. The molecule has 0 saturated heterocycles. The Morgan fingerprint density at radius 2 is 2.00 bits per heavy atom. The van der Waals surface area contributed by atoms with Gasteiger partial charge in [-0.25, -0.2) is 4.98 Å². The first-order valence-electron chi connectivity index (χ1n) is 7.38. The van der Waals surface area contributed by atoms with Crippen LogP contribution in [0.4, 0.5) is 0 Å². The Labute approximate surface area is 126 Å². The Morgan fingerprint density at radius 1 is 1.19 bits per heavy atom. The molecule has 0 aliphatic carbocycles. The molecular weight excluding hydrogens is 264 g/mol. The third kappa shape index (κ3) is 4.56. The zero-order valence-corrected chi connectivity index (χ0v) is 13.2. The number of ether oxygens (including phenoxy) is 1. The van der Waals surface area contributed by atoms with Gasteiger partial charge in [0.2, 0.25) is 0 Å². The average molecular weight is 288 g/mol. The first-order valence-corrected chi connectivity index (χ1v) is 7.38. The van der Waals surface area contributed by atoms with Crippen LogP contribution in [0.5, 0.6) is 5.75 Å². The highest BCUT2D eigenvalue weighted by molar-refractivity contribution is 5.20. The predicted octanol–water partition coefficient (Wildman–Crippen LogP) is 2.94. The lowest BCUT2D eigenvalue weighted by atomic mass is 10.3. The first kappa shape index (κ1) is 15.5. The molecule has 0 aliphatic rings. The normalized spacial score (nSPS) is 11.3. The van der Waals surface area contributed by atoms with E-state index in [9.17, 15) is 0 Å². The lowest BCUT2D eigenvalue weighted by molar-refractivity contribution is 0.290. The lowest BCUT2D eigenvalue weighted by Crippen LogP contribution is -2.22. The molecule has 0 spiro atoms. The highest BCUT2D eigenvalue weighted by atomic mass is 16.5. The van der Waals surface area contributed by atoms with E-state index in [4.69, 9.17) is 4.74 Å². The van der Waals surface area contributed by atoms with Crippen molar-refractivity contribution in [1.82, 2.24) is 19.9 Å². The minimum absolute atomic E-state index is 0.383. The molecule has 1 N–H and O–H groups in total. The third-order valence-corrected chi connectivity index (χ3v) is 3.18. The van der Waals surface area contributed by atoms with Crippen LogP contribution in [0.2, 0.25) is 0 Å². The molecule has 2 heterocycles. The molecular formula is C16H24N4O. The number of nitrogens with zero attached hydrogens (tertiary/aromatic N) is 3. The van der Waals surface area contributed by atoms with Crippen molar-refractivity contribution in [2.24, 2.45) is 0 Å². The predicted molar refractivity (Wildman–Crippen MR) is 83.2 cm³/mol. The monoisotopic (exact) mass is 288 g/mol. The molecule has 0 unspecified atom stereocenters. The van der Waals surface area contributed by atoms with E-state index >= 15 is 0 Å². The van der Waals surface area contributed by atoms with Gasteiger partial charge in [0, 0.05) is 18.6 Å². The van der Waals surface area contributed by atoms with Gasteiger partial charge in [-0.15, -0.1) is 0 Å². The number of nitrogens with one attached hydrogen (secondary N) is 1. The zero-order chi connectivity index (χ0) is 15.2. The Morgan fingerprint density at radius 3 is 2.62 bits per heavy atom. The van der Waals surface area contributed by atoms with Crippen LogP contribution in [-0.2, 0) is 13.2 Å². The van der Waals surface area contributed by atoms with E-state index in [-0.39, 0.29) is 0 Å². The van der Waals surface area contributed by atoms with Gasteiger partial charge in [-0.2, -0.15) is 0 Å². The minimum atomic E-state index is 0.383. The fourth-order valence-electron chi connectivity index (χ4n) is 1.98. The molecule has 2 aromatic heterocycles. The summed E-state index contributed by atoms with van der Waals surface area (Å²) >= 11 is 0. The topological polar surface area (TPSA) is 52.0 Å². The molecule has 0 saturated carbocycles. The van der Waals surface area contributed by atoms with Crippen molar-refractivity contribution in [3.8, 4) is 5.75 Å². The standard InChI is InChI=1S/C16H24N4O/c1-12(2)18-7-14-5-6-16(9-19-14)21-10-15-8-17-11-20(15)13(3)4/h5-6,8-9,11-13,18H,7,10H2,1-4H3. The molecule has 5 heteroatoms. The summed E-state index contributed by atoms with van der Waals surface area (Å²) in [5.41, 5.74) is 2.08. The highest BCUT2D eigenvalue weighted by Gasteiger charge is 2.06. The SMILES string of the molecule is CC(C)NCc1ccc(OCc2cncn2C(C)C)cn1. The Balaban J connectivity index is 1.90. The molecule has 2 aromatic rings. The second kappa shape index (κ2) is 7.22. The van der Waals surface area contributed by atoms with Crippen molar-refractivity contribution >= 4 is 0 Å². The van der Waals surface area contributed by atoms with Crippen LogP contribution >= 0.6 is 0 Å². The van der Waals surface area contributed by atoms with Gasteiger partial charge in [0.15, 0.2) is 0 Å². The van der Waals surface area contributed by atoms with Crippen molar-refractivity contribution in [1.29, 1.82) is 0 Å². The lowest BCUT2D eigenvalue weighted by Gasteiger charge is -2.12. The number of imidazole rings is 1. The van der Waals surface area contributed by atoms with E-state index in [1.54, 1.807) is 6.20 Å². The molecule has 2 rings (SSSR count). The molecule has 21 heavy (non-hydrogen) atoms. The molecule has 0 atom stereocenters. The Kier molecular flexibility index (Phi) is 5.33. The summed E-state index contributed by atoms with van der Waals surface area (Å²) in [6.45, 7) is 9.78. The molecule has 0 aromatic carbocycles. The van der Waals surface area contributed by atoms with E-state index in [0.717, 1.165) is 23.7 Å². The van der Waals surface area contributed by atoms with Gasteiger partial charge in [-0.1, -0.05) is 13.8 Å². The van der Waals surface area contributed by atoms with Gasteiger partial charge in [0.05, 0.1) is 30.1 Å². The maximum Gasteiger partial charge on any atom is 0.138 e. The average Bonchev–Trinajstić information content (AvgIpc) is 2.92. The van der Waals surface area contributed by atoms with Crippen molar-refractivity contribution in [2.75, 3.05) is 0 Å².